The van der Waals surface area contributed by atoms with Gasteiger partial charge >= 0.3 is 0 Å². The standard InChI is InChI=1S/C20H29N5/c1-15-9-11-24(12-10-15)20(21)22-13-19-16(2)23-25(17(19)3)14-18-7-5-4-6-8-18/h4-8,15H,9-14H2,1-3H3,(H2,21,22). The van der Waals surface area contributed by atoms with Gasteiger partial charge < -0.3 is 10.6 Å². The maximum atomic E-state index is 6.22. The van der Waals surface area contributed by atoms with E-state index < -0.39 is 0 Å². The second-order valence-electron chi connectivity index (χ2n) is 7.14. The van der Waals surface area contributed by atoms with Gasteiger partial charge in [-0.05, 0) is 38.2 Å². The maximum Gasteiger partial charge on any atom is 0.191 e. The molecule has 0 aliphatic carbocycles. The molecule has 2 aromatic rings. The number of benzene rings is 1. The second-order valence-corrected chi connectivity index (χ2v) is 7.14. The minimum Gasteiger partial charge on any atom is -0.370 e. The van der Waals surface area contributed by atoms with Crippen LogP contribution in [0.1, 0.15) is 42.3 Å². The summed E-state index contributed by atoms with van der Waals surface area (Å²) in [5.41, 5.74) is 10.9. The van der Waals surface area contributed by atoms with Gasteiger partial charge in [0, 0.05) is 24.3 Å². The number of nitrogens with two attached hydrogens (primary N) is 1. The third-order valence-electron chi connectivity index (χ3n) is 5.21. The minimum absolute atomic E-state index is 0.602. The Hall–Kier alpha value is -2.30. The summed E-state index contributed by atoms with van der Waals surface area (Å²) >= 11 is 0. The van der Waals surface area contributed by atoms with Crippen LogP contribution in [-0.4, -0.2) is 33.7 Å². The zero-order chi connectivity index (χ0) is 17.8. The van der Waals surface area contributed by atoms with Gasteiger partial charge in [-0.25, -0.2) is 4.99 Å². The number of aromatic nitrogens is 2. The number of rotatable bonds is 4. The van der Waals surface area contributed by atoms with Crippen LogP contribution in [0, 0.1) is 19.8 Å². The van der Waals surface area contributed by atoms with E-state index in [1.807, 2.05) is 6.07 Å². The molecule has 0 radical (unpaired) electrons. The van der Waals surface area contributed by atoms with E-state index in [-0.39, 0.29) is 0 Å². The Morgan fingerprint density at radius 3 is 2.56 bits per heavy atom. The number of piperidine rings is 1. The lowest BCUT2D eigenvalue weighted by Gasteiger charge is -2.31. The quantitative estimate of drug-likeness (QED) is 0.688. The molecule has 5 nitrogen and oxygen atoms in total. The van der Waals surface area contributed by atoms with Gasteiger partial charge in [0.2, 0.25) is 0 Å². The van der Waals surface area contributed by atoms with E-state index in [9.17, 15) is 0 Å². The Labute approximate surface area is 150 Å². The normalized spacial score (nSPS) is 16.4. The van der Waals surface area contributed by atoms with Gasteiger partial charge in [0.15, 0.2) is 5.96 Å². The van der Waals surface area contributed by atoms with E-state index in [0.29, 0.717) is 12.5 Å². The second kappa shape index (κ2) is 7.72. The number of nitrogens with zero attached hydrogens (tertiary/aromatic N) is 4. The average Bonchev–Trinajstić information content (AvgIpc) is 2.88. The predicted octanol–water partition coefficient (Wildman–Crippen LogP) is 3.09. The third-order valence-corrected chi connectivity index (χ3v) is 5.21. The van der Waals surface area contributed by atoms with Crippen molar-refractivity contribution >= 4 is 5.96 Å². The van der Waals surface area contributed by atoms with Crippen LogP contribution < -0.4 is 5.73 Å². The van der Waals surface area contributed by atoms with E-state index in [4.69, 9.17) is 10.8 Å². The van der Waals surface area contributed by atoms with E-state index in [1.54, 1.807) is 0 Å². The van der Waals surface area contributed by atoms with Crippen LogP contribution in [0.4, 0.5) is 0 Å². The van der Waals surface area contributed by atoms with Gasteiger partial charge in [0.1, 0.15) is 0 Å². The van der Waals surface area contributed by atoms with Gasteiger partial charge in [-0.1, -0.05) is 37.3 Å². The van der Waals surface area contributed by atoms with E-state index in [2.05, 4.69) is 59.6 Å². The van der Waals surface area contributed by atoms with Crippen LogP contribution in [0.25, 0.3) is 0 Å². The zero-order valence-electron chi connectivity index (χ0n) is 15.6. The Kier molecular flexibility index (Phi) is 5.41. The molecule has 134 valence electrons. The summed E-state index contributed by atoms with van der Waals surface area (Å²) < 4.78 is 2.06. The SMILES string of the molecule is Cc1nn(Cc2ccccc2)c(C)c1CN=C(N)N1CCC(C)CC1. The molecule has 0 amide bonds. The number of hydrogen-bond donors (Lipinski definition) is 1. The van der Waals surface area contributed by atoms with Crippen molar-refractivity contribution in [3.63, 3.8) is 0 Å². The highest BCUT2D eigenvalue weighted by Crippen LogP contribution is 2.18. The molecule has 5 heteroatoms. The fraction of sp³-hybridized carbons (Fsp3) is 0.500. The first-order valence-corrected chi connectivity index (χ1v) is 9.16. The van der Waals surface area contributed by atoms with Crippen molar-refractivity contribution in [3.8, 4) is 0 Å². The smallest absolute Gasteiger partial charge is 0.191 e. The highest BCUT2D eigenvalue weighted by atomic mass is 15.3. The Bertz CT molecular complexity index is 724. The predicted molar refractivity (Wildman–Crippen MR) is 103 cm³/mol. The molecule has 2 heterocycles. The Morgan fingerprint density at radius 2 is 1.88 bits per heavy atom. The molecule has 0 bridgehead atoms. The minimum atomic E-state index is 0.602. The monoisotopic (exact) mass is 339 g/mol. The van der Waals surface area contributed by atoms with Crippen LogP contribution >= 0.6 is 0 Å². The molecule has 2 N–H and O–H groups in total. The summed E-state index contributed by atoms with van der Waals surface area (Å²) in [4.78, 5) is 6.86. The van der Waals surface area contributed by atoms with Crippen molar-refractivity contribution in [1.29, 1.82) is 0 Å². The maximum absolute atomic E-state index is 6.22. The molecule has 1 aromatic carbocycles. The molecule has 0 unspecified atom stereocenters. The van der Waals surface area contributed by atoms with Crippen molar-refractivity contribution < 1.29 is 0 Å². The molecule has 1 aliphatic rings. The largest absolute Gasteiger partial charge is 0.370 e. The molecule has 0 spiro atoms. The summed E-state index contributed by atoms with van der Waals surface area (Å²) in [6.07, 6.45) is 2.40. The number of hydrogen-bond acceptors (Lipinski definition) is 2. The van der Waals surface area contributed by atoms with Gasteiger partial charge in [-0.15, -0.1) is 0 Å². The molecule has 0 saturated carbocycles. The number of aliphatic imine (C=N–C) groups is 1. The van der Waals surface area contributed by atoms with Crippen LogP contribution in [0.2, 0.25) is 0 Å². The Balaban J connectivity index is 1.69. The van der Waals surface area contributed by atoms with E-state index >= 15 is 0 Å². The first-order chi connectivity index (χ1) is 12.0. The van der Waals surface area contributed by atoms with Crippen molar-refractivity contribution in [2.45, 2.75) is 46.7 Å². The molecular weight excluding hydrogens is 310 g/mol. The molecule has 3 rings (SSSR count). The number of likely N-dealkylation sites (tertiary alicyclic amines) is 1. The fourth-order valence-corrected chi connectivity index (χ4v) is 3.37. The summed E-state index contributed by atoms with van der Waals surface area (Å²) in [5, 5.41) is 4.70. The summed E-state index contributed by atoms with van der Waals surface area (Å²) in [5.74, 6) is 1.46. The lowest BCUT2D eigenvalue weighted by atomic mass is 10.00. The summed E-state index contributed by atoms with van der Waals surface area (Å²) in [6.45, 7) is 9.90. The van der Waals surface area contributed by atoms with Crippen molar-refractivity contribution in [3.05, 3.63) is 52.8 Å². The topological polar surface area (TPSA) is 59.4 Å². The third kappa shape index (κ3) is 4.21. The first-order valence-electron chi connectivity index (χ1n) is 9.16. The van der Waals surface area contributed by atoms with Gasteiger partial charge in [-0.2, -0.15) is 5.10 Å². The molecule has 25 heavy (non-hydrogen) atoms. The number of guanidine groups is 1. The Morgan fingerprint density at radius 1 is 1.20 bits per heavy atom. The van der Waals surface area contributed by atoms with Crippen LogP contribution in [0.5, 0.6) is 0 Å². The zero-order valence-corrected chi connectivity index (χ0v) is 15.6. The van der Waals surface area contributed by atoms with Crippen LogP contribution in [-0.2, 0) is 13.1 Å². The van der Waals surface area contributed by atoms with E-state index in [0.717, 1.165) is 31.2 Å². The molecule has 1 fully saturated rings. The van der Waals surface area contributed by atoms with Crippen molar-refractivity contribution in [2.75, 3.05) is 13.1 Å². The van der Waals surface area contributed by atoms with Gasteiger partial charge in [-0.3, -0.25) is 4.68 Å². The van der Waals surface area contributed by atoms with Crippen molar-refractivity contribution in [1.82, 2.24) is 14.7 Å². The summed E-state index contributed by atoms with van der Waals surface area (Å²) in [6, 6.07) is 10.4. The highest BCUT2D eigenvalue weighted by Gasteiger charge is 2.17. The molecular formula is C20H29N5. The van der Waals surface area contributed by atoms with Gasteiger partial charge in [0.05, 0.1) is 18.8 Å². The van der Waals surface area contributed by atoms with Crippen molar-refractivity contribution in [2.24, 2.45) is 16.6 Å². The van der Waals surface area contributed by atoms with Crippen LogP contribution in [0.15, 0.2) is 35.3 Å². The number of aryl methyl sites for hydroxylation is 1. The lowest BCUT2D eigenvalue weighted by molar-refractivity contribution is 0.277. The fourth-order valence-electron chi connectivity index (χ4n) is 3.37. The highest BCUT2D eigenvalue weighted by molar-refractivity contribution is 5.78. The summed E-state index contributed by atoms with van der Waals surface area (Å²) in [7, 11) is 0. The molecule has 1 aromatic heterocycles. The molecule has 0 atom stereocenters. The molecule has 1 saturated heterocycles. The first kappa shape index (κ1) is 17.5. The van der Waals surface area contributed by atoms with Gasteiger partial charge in [0.25, 0.3) is 0 Å². The molecule has 1 aliphatic heterocycles. The average molecular weight is 339 g/mol. The lowest BCUT2D eigenvalue weighted by Crippen LogP contribution is -2.42. The van der Waals surface area contributed by atoms with E-state index in [1.165, 1.54) is 29.7 Å². The van der Waals surface area contributed by atoms with Crippen LogP contribution in [0.3, 0.4) is 0 Å².